The van der Waals surface area contributed by atoms with Crippen molar-refractivity contribution in [2.45, 2.75) is 26.3 Å². The van der Waals surface area contributed by atoms with Gasteiger partial charge in [-0.25, -0.2) is 0 Å². The van der Waals surface area contributed by atoms with E-state index in [2.05, 4.69) is 15.9 Å². The highest BCUT2D eigenvalue weighted by Crippen LogP contribution is 2.43. The highest BCUT2D eigenvalue weighted by molar-refractivity contribution is 9.10. The average Bonchev–Trinajstić information content (AvgIpc) is 2.17. The molecule has 0 aliphatic carbocycles. The van der Waals surface area contributed by atoms with Gasteiger partial charge in [-0.15, -0.1) is 0 Å². The van der Waals surface area contributed by atoms with Gasteiger partial charge in [-0.2, -0.15) is 0 Å². The first-order valence-electron chi connectivity index (χ1n) is 5.29. The molecular weight excluding hydrogens is 270 g/mol. The van der Waals surface area contributed by atoms with Crippen molar-refractivity contribution in [1.29, 1.82) is 0 Å². The Hall–Kier alpha value is -0.740. The van der Waals surface area contributed by atoms with Gasteiger partial charge in [-0.05, 0) is 32.4 Å². The fraction of sp³-hybridized carbons (Fsp3) is 0.500. The predicted molar refractivity (Wildman–Crippen MR) is 67.1 cm³/mol. The molecule has 1 heterocycles. The van der Waals surface area contributed by atoms with Crippen LogP contribution >= 0.6 is 15.9 Å². The van der Waals surface area contributed by atoms with Crippen LogP contribution in [0.1, 0.15) is 25.0 Å². The summed E-state index contributed by atoms with van der Waals surface area (Å²) in [7, 11) is 0. The van der Waals surface area contributed by atoms with Crippen molar-refractivity contribution in [1.82, 2.24) is 0 Å². The third kappa shape index (κ3) is 1.92. The first-order valence-corrected chi connectivity index (χ1v) is 6.08. The van der Waals surface area contributed by atoms with Gasteiger partial charge in [0.2, 0.25) is 0 Å². The van der Waals surface area contributed by atoms with Crippen LogP contribution in [0.25, 0.3) is 0 Å². The van der Waals surface area contributed by atoms with Crippen molar-refractivity contribution >= 4 is 15.9 Å². The Balaban J connectivity index is 2.69. The van der Waals surface area contributed by atoms with Gasteiger partial charge in [0.25, 0.3) is 0 Å². The first-order chi connectivity index (χ1) is 7.41. The maximum absolute atomic E-state index is 6.19. The summed E-state index contributed by atoms with van der Waals surface area (Å²) in [5.41, 5.74) is 7.87. The lowest BCUT2D eigenvalue weighted by molar-refractivity contribution is 0.167. The number of nitrogens with two attached hydrogens (primary N) is 1. The molecular formula is C12H16BrNO2. The molecule has 1 aromatic rings. The smallest absolute Gasteiger partial charge is 0.166 e. The molecule has 0 fully saturated rings. The average molecular weight is 286 g/mol. The largest absolute Gasteiger partial charge is 0.486 e. The van der Waals surface area contributed by atoms with E-state index in [4.69, 9.17) is 15.2 Å². The second-order valence-electron chi connectivity index (χ2n) is 4.60. The van der Waals surface area contributed by atoms with E-state index in [1.165, 1.54) is 0 Å². The van der Waals surface area contributed by atoms with Crippen molar-refractivity contribution in [3.05, 3.63) is 21.7 Å². The van der Waals surface area contributed by atoms with E-state index in [0.29, 0.717) is 13.2 Å². The summed E-state index contributed by atoms with van der Waals surface area (Å²) in [5.74, 6) is 1.57. The lowest BCUT2D eigenvalue weighted by Crippen LogP contribution is -2.32. The van der Waals surface area contributed by atoms with Crippen LogP contribution < -0.4 is 15.2 Å². The van der Waals surface area contributed by atoms with Crippen LogP contribution in [0.3, 0.4) is 0 Å². The molecule has 0 bridgehead atoms. The summed E-state index contributed by atoms with van der Waals surface area (Å²) in [5, 5.41) is 0. The highest BCUT2D eigenvalue weighted by Gasteiger charge is 2.28. The molecule has 88 valence electrons. The van der Waals surface area contributed by atoms with E-state index >= 15 is 0 Å². The van der Waals surface area contributed by atoms with Gasteiger partial charge >= 0.3 is 0 Å². The summed E-state index contributed by atoms with van der Waals surface area (Å²) in [4.78, 5) is 0. The van der Waals surface area contributed by atoms with E-state index in [1.54, 1.807) is 0 Å². The number of benzene rings is 1. The molecule has 3 nitrogen and oxygen atoms in total. The molecule has 1 aromatic carbocycles. The standard InChI is InChI=1S/C12H16BrNO2/c1-7-8(13)6-9-11(16-5-4-15-9)10(7)12(2,3)14/h6H,4-5,14H2,1-3H3. The summed E-state index contributed by atoms with van der Waals surface area (Å²) in [6.45, 7) is 7.15. The van der Waals surface area contributed by atoms with Gasteiger partial charge in [0.15, 0.2) is 11.5 Å². The second kappa shape index (κ2) is 3.93. The van der Waals surface area contributed by atoms with Gasteiger partial charge in [0.1, 0.15) is 13.2 Å². The summed E-state index contributed by atoms with van der Waals surface area (Å²) in [6, 6.07) is 1.94. The number of fused-ring (bicyclic) bond motifs is 1. The van der Waals surface area contributed by atoms with Gasteiger partial charge in [0, 0.05) is 15.6 Å². The minimum absolute atomic E-state index is 0.446. The van der Waals surface area contributed by atoms with Crippen LogP contribution in [0.2, 0.25) is 0 Å². The van der Waals surface area contributed by atoms with Crippen molar-refractivity contribution < 1.29 is 9.47 Å². The van der Waals surface area contributed by atoms with Crippen molar-refractivity contribution in [2.24, 2.45) is 5.73 Å². The summed E-state index contributed by atoms with van der Waals surface area (Å²) in [6.07, 6.45) is 0. The fourth-order valence-corrected chi connectivity index (χ4v) is 2.43. The lowest BCUT2D eigenvalue weighted by atomic mass is 9.90. The molecule has 0 spiro atoms. The molecule has 0 amide bonds. The van der Waals surface area contributed by atoms with Crippen LogP contribution in [-0.4, -0.2) is 13.2 Å². The topological polar surface area (TPSA) is 44.5 Å². The Kier molecular flexibility index (Phi) is 2.88. The molecule has 0 saturated heterocycles. The SMILES string of the molecule is Cc1c(Br)cc2c(c1C(C)(C)N)OCCO2. The van der Waals surface area contributed by atoms with E-state index in [-0.39, 0.29) is 0 Å². The molecule has 16 heavy (non-hydrogen) atoms. The van der Waals surface area contributed by atoms with Gasteiger partial charge in [-0.1, -0.05) is 15.9 Å². The molecule has 0 aromatic heterocycles. The molecule has 1 aliphatic heterocycles. The Morgan fingerprint density at radius 1 is 1.31 bits per heavy atom. The van der Waals surface area contributed by atoms with Gasteiger partial charge < -0.3 is 15.2 Å². The zero-order valence-electron chi connectivity index (χ0n) is 9.76. The number of rotatable bonds is 1. The van der Waals surface area contributed by atoms with Crippen LogP contribution in [0.15, 0.2) is 10.5 Å². The van der Waals surface area contributed by atoms with E-state index in [9.17, 15) is 0 Å². The minimum atomic E-state index is -0.446. The molecule has 2 rings (SSSR count). The Labute approximate surface area is 104 Å². The molecule has 0 radical (unpaired) electrons. The van der Waals surface area contributed by atoms with Crippen LogP contribution in [-0.2, 0) is 5.54 Å². The maximum atomic E-state index is 6.19. The highest BCUT2D eigenvalue weighted by atomic mass is 79.9. The fourth-order valence-electron chi connectivity index (χ4n) is 2.02. The van der Waals surface area contributed by atoms with Crippen LogP contribution in [0, 0.1) is 6.92 Å². The number of hydrogen-bond donors (Lipinski definition) is 1. The molecule has 1 aliphatic rings. The third-order valence-electron chi connectivity index (χ3n) is 2.67. The quantitative estimate of drug-likeness (QED) is 0.863. The van der Waals surface area contributed by atoms with Crippen molar-refractivity contribution in [3.8, 4) is 11.5 Å². The normalized spacial score (nSPS) is 15.1. The Bertz CT molecular complexity index is 424. The van der Waals surface area contributed by atoms with E-state index < -0.39 is 5.54 Å². The maximum Gasteiger partial charge on any atom is 0.166 e. The number of halogens is 1. The molecule has 0 atom stereocenters. The van der Waals surface area contributed by atoms with Crippen molar-refractivity contribution in [2.75, 3.05) is 13.2 Å². The van der Waals surface area contributed by atoms with Crippen LogP contribution in [0.4, 0.5) is 0 Å². The predicted octanol–water partition coefficient (Wildman–Crippen LogP) is 2.72. The first kappa shape index (κ1) is 11.7. The van der Waals surface area contributed by atoms with Crippen LogP contribution in [0.5, 0.6) is 11.5 Å². The van der Waals surface area contributed by atoms with Crippen molar-refractivity contribution in [3.63, 3.8) is 0 Å². The van der Waals surface area contributed by atoms with E-state index in [1.807, 2.05) is 26.8 Å². The number of hydrogen-bond acceptors (Lipinski definition) is 3. The third-order valence-corrected chi connectivity index (χ3v) is 3.50. The van der Waals surface area contributed by atoms with E-state index in [0.717, 1.165) is 27.1 Å². The Morgan fingerprint density at radius 2 is 1.94 bits per heavy atom. The van der Waals surface area contributed by atoms with Gasteiger partial charge in [0.05, 0.1) is 0 Å². The summed E-state index contributed by atoms with van der Waals surface area (Å²) < 4.78 is 12.3. The zero-order valence-corrected chi connectivity index (χ0v) is 11.3. The Morgan fingerprint density at radius 3 is 2.56 bits per heavy atom. The molecule has 0 unspecified atom stereocenters. The molecule has 4 heteroatoms. The zero-order chi connectivity index (χ0) is 11.9. The number of ether oxygens (including phenoxy) is 2. The minimum Gasteiger partial charge on any atom is -0.486 e. The monoisotopic (exact) mass is 285 g/mol. The molecule has 0 saturated carbocycles. The second-order valence-corrected chi connectivity index (χ2v) is 5.46. The summed E-state index contributed by atoms with van der Waals surface area (Å²) >= 11 is 3.53. The molecule has 2 N–H and O–H groups in total. The lowest BCUT2D eigenvalue weighted by Gasteiger charge is -2.29. The van der Waals surface area contributed by atoms with Gasteiger partial charge in [-0.3, -0.25) is 0 Å².